The predicted molar refractivity (Wildman–Crippen MR) is 125 cm³/mol. The lowest BCUT2D eigenvalue weighted by Gasteiger charge is -2.19. The van der Waals surface area contributed by atoms with Crippen LogP contribution in [0, 0.1) is 6.92 Å². The number of nitrogens with one attached hydrogen (secondary N) is 2. The number of fused-ring (bicyclic) bond motifs is 1. The van der Waals surface area contributed by atoms with Crippen LogP contribution in [0.15, 0.2) is 83.8 Å². The van der Waals surface area contributed by atoms with E-state index in [2.05, 4.69) is 9.71 Å². The van der Waals surface area contributed by atoms with E-state index in [1.165, 1.54) is 12.1 Å². The number of H-pyrrole nitrogens is 1. The number of carboxylic acid groups (broad SMARTS) is 1. The fourth-order valence-electron chi connectivity index (χ4n) is 3.77. The molecular formula is C25H24N2O5S. The van der Waals surface area contributed by atoms with Crippen molar-refractivity contribution in [1.82, 2.24) is 9.71 Å². The van der Waals surface area contributed by atoms with Gasteiger partial charge in [-0.2, -0.15) is 4.72 Å². The Morgan fingerprint density at radius 3 is 2.36 bits per heavy atom. The van der Waals surface area contributed by atoms with Crippen molar-refractivity contribution in [1.29, 1.82) is 0 Å². The highest BCUT2D eigenvalue weighted by molar-refractivity contribution is 7.89. The lowest BCUT2D eigenvalue weighted by Crippen LogP contribution is -2.42. The summed E-state index contributed by atoms with van der Waals surface area (Å²) in [7, 11) is -4.04. The zero-order chi connectivity index (χ0) is 23.6. The van der Waals surface area contributed by atoms with E-state index in [1.807, 2.05) is 37.3 Å². The summed E-state index contributed by atoms with van der Waals surface area (Å²) in [5.41, 5.74) is 3.37. The summed E-state index contributed by atoms with van der Waals surface area (Å²) in [5.74, 6) is -1.31. The summed E-state index contributed by atoms with van der Waals surface area (Å²) in [5, 5.41) is 21.7. The Hall–Kier alpha value is -3.46. The van der Waals surface area contributed by atoms with Crippen molar-refractivity contribution >= 4 is 26.9 Å². The van der Waals surface area contributed by atoms with Gasteiger partial charge in [0, 0.05) is 11.2 Å². The average Bonchev–Trinajstić information content (AvgIpc) is 3.23. The molecule has 0 saturated heterocycles. The van der Waals surface area contributed by atoms with Gasteiger partial charge in [-0.15, -0.1) is 0 Å². The van der Waals surface area contributed by atoms with Crippen molar-refractivity contribution in [3.05, 3.63) is 101 Å². The maximum absolute atomic E-state index is 12.8. The molecule has 1 heterocycles. The number of rotatable bonds is 8. The highest BCUT2D eigenvalue weighted by atomic mass is 32.2. The molecule has 0 aliphatic heterocycles. The van der Waals surface area contributed by atoms with Gasteiger partial charge in [0.25, 0.3) is 0 Å². The topological polar surface area (TPSA) is 119 Å². The van der Waals surface area contributed by atoms with Gasteiger partial charge in [0.2, 0.25) is 10.0 Å². The Kier molecular flexibility index (Phi) is 6.33. The third-order valence-electron chi connectivity index (χ3n) is 5.55. The van der Waals surface area contributed by atoms with E-state index < -0.39 is 28.1 Å². The van der Waals surface area contributed by atoms with E-state index in [1.54, 1.807) is 36.4 Å². The Morgan fingerprint density at radius 1 is 1.00 bits per heavy atom. The van der Waals surface area contributed by atoms with Crippen molar-refractivity contribution in [2.24, 2.45) is 0 Å². The molecule has 4 rings (SSSR count). The second-order valence-corrected chi connectivity index (χ2v) is 9.66. The van der Waals surface area contributed by atoms with Crippen LogP contribution in [0.25, 0.3) is 10.9 Å². The van der Waals surface area contributed by atoms with E-state index in [-0.39, 0.29) is 11.3 Å². The average molecular weight is 465 g/mol. The second-order valence-electron chi connectivity index (χ2n) is 7.94. The van der Waals surface area contributed by atoms with Gasteiger partial charge in [-0.05, 0) is 54.1 Å². The molecule has 3 aromatic carbocycles. The number of aromatic amines is 1. The number of carbonyl (C=O) groups is 1. The standard InChI is InChI=1S/C25H24N2O5S/c1-16-10-12-19(13-11-16)33(31,32)27-23(25(29)30)14-17-6-2-4-8-20(17)24(28)22-15-18-7-3-5-9-21(18)26-22/h2-13,15,23-24,26-28H,14H2,1H3,(H,29,30)/t23-,24?/m0/s1. The number of aliphatic hydroxyl groups is 1. The highest BCUT2D eigenvalue weighted by Crippen LogP contribution is 2.28. The number of hydrogen-bond donors (Lipinski definition) is 4. The SMILES string of the molecule is Cc1ccc(S(=O)(=O)N[C@@H](Cc2ccccc2C(O)c2cc3ccccc3[nH]2)C(=O)O)cc1. The smallest absolute Gasteiger partial charge is 0.322 e. The Bertz CT molecular complexity index is 1360. The predicted octanol–water partition coefficient (Wildman–Crippen LogP) is 3.53. The third-order valence-corrected chi connectivity index (χ3v) is 7.03. The number of aryl methyl sites for hydroxylation is 1. The molecular weight excluding hydrogens is 440 g/mol. The van der Waals surface area contributed by atoms with Crippen LogP contribution in [-0.2, 0) is 21.2 Å². The molecule has 0 aliphatic carbocycles. The number of aliphatic carboxylic acids is 1. The number of sulfonamides is 1. The van der Waals surface area contributed by atoms with Gasteiger partial charge in [-0.25, -0.2) is 8.42 Å². The number of carboxylic acids is 1. The first-order chi connectivity index (χ1) is 15.7. The first kappa shape index (κ1) is 22.7. The largest absolute Gasteiger partial charge is 0.480 e. The van der Waals surface area contributed by atoms with Crippen LogP contribution in [0.4, 0.5) is 0 Å². The molecule has 4 N–H and O–H groups in total. The van der Waals surface area contributed by atoms with Crippen LogP contribution in [0.5, 0.6) is 0 Å². The maximum Gasteiger partial charge on any atom is 0.322 e. The zero-order valence-corrected chi connectivity index (χ0v) is 18.7. The van der Waals surface area contributed by atoms with E-state index in [0.717, 1.165) is 16.5 Å². The monoisotopic (exact) mass is 464 g/mol. The minimum Gasteiger partial charge on any atom is -0.480 e. The zero-order valence-electron chi connectivity index (χ0n) is 17.9. The van der Waals surface area contributed by atoms with Gasteiger partial charge in [0.15, 0.2) is 0 Å². The number of benzene rings is 3. The molecule has 8 heteroatoms. The van der Waals surface area contributed by atoms with E-state index in [4.69, 9.17) is 0 Å². The summed E-state index contributed by atoms with van der Waals surface area (Å²) in [4.78, 5) is 15.1. The minimum absolute atomic E-state index is 0.00857. The Labute approximate surface area is 191 Å². The van der Waals surface area contributed by atoms with Crippen LogP contribution in [0.3, 0.4) is 0 Å². The number of aliphatic hydroxyl groups excluding tert-OH is 1. The van der Waals surface area contributed by atoms with Crippen LogP contribution in [-0.4, -0.2) is 35.6 Å². The highest BCUT2D eigenvalue weighted by Gasteiger charge is 2.27. The summed E-state index contributed by atoms with van der Waals surface area (Å²) in [6.07, 6.45) is -1.16. The van der Waals surface area contributed by atoms with E-state index in [0.29, 0.717) is 16.8 Å². The maximum atomic E-state index is 12.8. The molecule has 0 spiro atoms. The lowest BCUT2D eigenvalue weighted by atomic mass is 9.95. The fraction of sp³-hybridized carbons (Fsp3) is 0.160. The molecule has 7 nitrogen and oxygen atoms in total. The summed E-state index contributed by atoms with van der Waals surface area (Å²) < 4.78 is 27.8. The first-order valence-electron chi connectivity index (χ1n) is 10.4. The summed E-state index contributed by atoms with van der Waals surface area (Å²) in [6, 6.07) is 21.1. The van der Waals surface area contributed by atoms with E-state index in [9.17, 15) is 23.4 Å². The van der Waals surface area contributed by atoms with Crippen LogP contribution < -0.4 is 4.72 Å². The van der Waals surface area contributed by atoms with Gasteiger partial charge >= 0.3 is 5.97 Å². The van der Waals surface area contributed by atoms with Crippen molar-refractivity contribution in [3.63, 3.8) is 0 Å². The molecule has 4 aromatic rings. The first-order valence-corrected chi connectivity index (χ1v) is 11.9. The van der Waals surface area contributed by atoms with Gasteiger partial charge in [-0.1, -0.05) is 60.2 Å². The molecule has 33 heavy (non-hydrogen) atoms. The minimum atomic E-state index is -4.04. The van der Waals surface area contributed by atoms with Crippen molar-refractivity contribution in [3.8, 4) is 0 Å². The van der Waals surface area contributed by atoms with Crippen molar-refractivity contribution in [2.45, 2.75) is 30.4 Å². The molecule has 1 unspecified atom stereocenters. The lowest BCUT2D eigenvalue weighted by molar-refractivity contribution is -0.138. The van der Waals surface area contributed by atoms with Gasteiger partial charge in [0.05, 0.1) is 4.90 Å². The van der Waals surface area contributed by atoms with Crippen LogP contribution in [0.2, 0.25) is 0 Å². The molecule has 0 bridgehead atoms. The van der Waals surface area contributed by atoms with Gasteiger partial charge in [0.1, 0.15) is 12.1 Å². The second kappa shape index (κ2) is 9.19. The van der Waals surface area contributed by atoms with Crippen LogP contribution in [0.1, 0.15) is 28.5 Å². The molecule has 0 aliphatic rings. The van der Waals surface area contributed by atoms with Crippen molar-refractivity contribution < 1.29 is 23.4 Å². The van der Waals surface area contributed by atoms with E-state index >= 15 is 0 Å². The molecule has 0 saturated carbocycles. The number of hydrogen-bond acceptors (Lipinski definition) is 4. The number of aromatic nitrogens is 1. The van der Waals surface area contributed by atoms with Crippen LogP contribution >= 0.6 is 0 Å². The molecule has 0 radical (unpaired) electrons. The van der Waals surface area contributed by atoms with Gasteiger partial charge in [-0.3, -0.25) is 4.79 Å². The third kappa shape index (κ3) is 4.98. The molecule has 0 amide bonds. The fourth-order valence-corrected chi connectivity index (χ4v) is 4.96. The molecule has 1 aromatic heterocycles. The molecule has 0 fully saturated rings. The number of para-hydroxylation sites is 1. The Balaban J connectivity index is 1.62. The normalized spacial score (nSPS) is 13.6. The molecule has 2 atom stereocenters. The van der Waals surface area contributed by atoms with Gasteiger partial charge < -0.3 is 15.2 Å². The molecule has 170 valence electrons. The van der Waals surface area contributed by atoms with Crippen molar-refractivity contribution in [2.75, 3.05) is 0 Å². The quantitative estimate of drug-likeness (QED) is 0.318. The summed E-state index contributed by atoms with van der Waals surface area (Å²) >= 11 is 0. The Morgan fingerprint density at radius 2 is 1.67 bits per heavy atom. The summed E-state index contributed by atoms with van der Waals surface area (Å²) in [6.45, 7) is 1.83.